The van der Waals surface area contributed by atoms with Gasteiger partial charge in [0, 0.05) is 7.05 Å². The summed E-state index contributed by atoms with van der Waals surface area (Å²) in [6, 6.07) is 0. The van der Waals surface area contributed by atoms with Crippen LogP contribution in [-0.4, -0.2) is 19.5 Å². The molecule has 0 aliphatic heterocycles. The fourth-order valence-corrected chi connectivity index (χ4v) is 1.61. The van der Waals surface area contributed by atoms with Crippen LogP contribution in [0, 0.1) is 0 Å². The molecule has 7 heteroatoms. The van der Waals surface area contributed by atoms with Gasteiger partial charge in [-0.3, -0.25) is 0 Å². The van der Waals surface area contributed by atoms with Gasteiger partial charge in [0.2, 0.25) is 3.79 Å². The molecule has 0 unspecified atom stereocenters. The Morgan fingerprint density at radius 3 is 2.57 bits per heavy atom. The maximum Gasteiger partial charge on any atom is 0.234 e. The third kappa shape index (κ3) is 1.54. The number of aromatic nitrogens is 4. The molecule has 0 amide bonds. The summed E-state index contributed by atoms with van der Waals surface area (Å²) in [7, 11) is 1.79. The molecule has 0 aromatic carbocycles. The van der Waals surface area contributed by atoms with Crippen molar-refractivity contribution in [3.05, 3.63) is 18.3 Å². The zero-order valence-electron chi connectivity index (χ0n) is 7.08. The summed E-state index contributed by atoms with van der Waals surface area (Å²) >= 11 is 17.3. The highest BCUT2D eigenvalue weighted by molar-refractivity contribution is 6.67. The molecule has 0 bridgehead atoms. The summed E-state index contributed by atoms with van der Waals surface area (Å²) in [6.45, 7) is 0. The Balaban J connectivity index is 2.82. The van der Waals surface area contributed by atoms with Crippen molar-refractivity contribution in [2.24, 2.45) is 7.05 Å². The van der Waals surface area contributed by atoms with Crippen molar-refractivity contribution in [3.8, 4) is 0 Å². The number of aryl methyl sites for hydroxylation is 1. The summed E-state index contributed by atoms with van der Waals surface area (Å²) < 4.78 is 0.154. The Kier molecular flexibility index (Phi) is 2.29. The van der Waals surface area contributed by atoms with Crippen LogP contribution in [-0.2, 0) is 10.8 Å². The van der Waals surface area contributed by atoms with Crippen LogP contribution in [0.15, 0.2) is 12.7 Å². The molecule has 0 spiro atoms. The third-order valence-corrected chi connectivity index (χ3v) is 2.31. The molecule has 2 aromatic rings. The van der Waals surface area contributed by atoms with Gasteiger partial charge in [0.1, 0.15) is 17.5 Å². The number of nitrogens with zero attached hydrogens (tertiary/aromatic N) is 4. The van der Waals surface area contributed by atoms with E-state index in [1.54, 1.807) is 17.9 Å². The highest BCUT2D eigenvalue weighted by atomic mass is 35.6. The van der Waals surface area contributed by atoms with E-state index in [0.717, 1.165) is 0 Å². The van der Waals surface area contributed by atoms with E-state index >= 15 is 0 Å². The molecular formula is C7H5Cl3N4. The maximum absolute atomic E-state index is 5.77. The SMILES string of the molecule is Cn1cnc2ncnc(C(Cl)(Cl)Cl)c21. The average molecular weight is 252 g/mol. The topological polar surface area (TPSA) is 43.6 Å². The van der Waals surface area contributed by atoms with Crippen LogP contribution in [0.25, 0.3) is 11.2 Å². The molecule has 0 atom stereocenters. The zero-order valence-corrected chi connectivity index (χ0v) is 9.35. The van der Waals surface area contributed by atoms with Gasteiger partial charge in [-0.1, -0.05) is 34.8 Å². The van der Waals surface area contributed by atoms with Crippen molar-refractivity contribution >= 4 is 46.0 Å². The summed E-state index contributed by atoms with van der Waals surface area (Å²) in [5.74, 6) is 0. The van der Waals surface area contributed by atoms with E-state index < -0.39 is 3.79 Å². The van der Waals surface area contributed by atoms with E-state index in [1.807, 2.05) is 0 Å². The number of alkyl halides is 3. The Labute approximate surface area is 94.8 Å². The first-order valence-electron chi connectivity index (χ1n) is 3.69. The molecule has 2 heterocycles. The molecule has 2 rings (SSSR count). The van der Waals surface area contributed by atoms with Crippen LogP contribution in [0.1, 0.15) is 5.69 Å². The van der Waals surface area contributed by atoms with Gasteiger partial charge < -0.3 is 4.57 Å². The minimum Gasteiger partial charge on any atom is -0.331 e. The second-order valence-electron chi connectivity index (χ2n) is 2.75. The summed E-state index contributed by atoms with van der Waals surface area (Å²) in [4.78, 5) is 11.9. The summed E-state index contributed by atoms with van der Waals surface area (Å²) in [5, 5.41) is 0. The highest BCUT2D eigenvalue weighted by Gasteiger charge is 2.29. The molecule has 0 saturated heterocycles. The Bertz CT molecular complexity index is 473. The van der Waals surface area contributed by atoms with Gasteiger partial charge in [0.05, 0.1) is 6.33 Å². The monoisotopic (exact) mass is 250 g/mol. The van der Waals surface area contributed by atoms with Crippen molar-refractivity contribution in [2.45, 2.75) is 3.79 Å². The van der Waals surface area contributed by atoms with E-state index in [2.05, 4.69) is 15.0 Å². The Morgan fingerprint density at radius 1 is 1.21 bits per heavy atom. The molecule has 4 nitrogen and oxygen atoms in total. The lowest BCUT2D eigenvalue weighted by Crippen LogP contribution is -2.07. The lowest BCUT2D eigenvalue weighted by Gasteiger charge is -2.10. The lowest BCUT2D eigenvalue weighted by molar-refractivity contribution is 0.927. The number of hydrogen-bond acceptors (Lipinski definition) is 3. The zero-order chi connectivity index (χ0) is 10.3. The fourth-order valence-electron chi connectivity index (χ4n) is 1.20. The van der Waals surface area contributed by atoms with Gasteiger partial charge in [-0.15, -0.1) is 0 Å². The molecule has 0 radical (unpaired) electrons. The van der Waals surface area contributed by atoms with Gasteiger partial charge in [-0.05, 0) is 0 Å². The summed E-state index contributed by atoms with van der Waals surface area (Å²) in [6.07, 6.45) is 2.92. The molecular weight excluding hydrogens is 246 g/mol. The predicted octanol–water partition coefficient (Wildman–Crippen LogP) is 2.19. The molecule has 2 aromatic heterocycles. The smallest absolute Gasteiger partial charge is 0.234 e. The molecule has 0 saturated carbocycles. The molecule has 0 fully saturated rings. The third-order valence-electron chi connectivity index (χ3n) is 1.78. The van der Waals surface area contributed by atoms with Crippen LogP contribution >= 0.6 is 34.8 Å². The van der Waals surface area contributed by atoms with Gasteiger partial charge in [-0.25, -0.2) is 15.0 Å². The van der Waals surface area contributed by atoms with Crippen LogP contribution < -0.4 is 0 Å². The number of rotatable bonds is 0. The van der Waals surface area contributed by atoms with E-state index in [1.165, 1.54) is 6.33 Å². The quantitative estimate of drug-likeness (QED) is 0.674. The fraction of sp³-hybridized carbons (Fsp3) is 0.286. The Hall–Kier alpha value is -0.580. The van der Waals surface area contributed by atoms with Crippen molar-refractivity contribution < 1.29 is 0 Å². The van der Waals surface area contributed by atoms with E-state index in [4.69, 9.17) is 34.8 Å². The van der Waals surface area contributed by atoms with Crippen molar-refractivity contribution in [1.29, 1.82) is 0 Å². The van der Waals surface area contributed by atoms with Crippen molar-refractivity contribution in [3.63, 3.8) is 0 Å². The number of hydrogen-bond donors (Lipinski definition) is 0. The minimum atomic E-state index is -1.56. The van der Waals surface area contributed by atoms with Crippen LogP contribution in [0.2, 0.25) is 0 Å². The van der Waals surface area contributed by atoms with Gasteiger partial charge in [0.25, 0.3) is 0 Å². The first-order valence-corrected chi connectivity index (χ1v) is 4.83. The van der Waals surface area contributed by atoms with E-state index in [-0.39, 0.29) is 0 Å². The highest BCUT2D eigenvalue weighted by Crippen LogP contribution is 2.39. The van der Waals surface area contributed by atoms with Gasteiger partial charge >= 0.3 is 0 Å². The van der Waals surface area contributed by atoms with Gasteiger partial charge in [-0.2, -0.15) is 0 Å². The van der Waals surface area contributed by atoms with Crippen LogP contribution in [0.3, 0.4) is 0 Å². The van der Waals surface area contributed by atoms with Gasteiger partial charge in [0.15, 0.2) is 5.65 Å². The van der Waals surface area contributed by atoms with E-state index in [0.29, 0.717) is 16.9 Å². The second-order valence-corrected chi connectivity index (χ2v) is 5.03. The van der Waals surface area contributed by atoms with Crippen molar-refractivity contribution in [1.82, 2.24) is 19.5 Å². The molecule has 74 valence electrons. The van der Waals surface area contributed by atoms with Crippen molar-refractivity contribution in [2.75, 3.05) is 0 Å². The maximum atomic E-state index is 5.77. The molecule has 0 aliphatic carbocycles. The predicted molar refractivity (Wildman–Crippen MR) is 55.5 cm³/mol. The van der Waals surface area contributed by atoms with Crippen LogP contribution in [0.5, 0.6) is 0 Å². The molecule has 0 N–H and O–H groups in total. The average Bonchev–Trinajstić information content (AvgIpc) is 2.46. The first kappa shape index (κ1) is 9.96. The summed E-state index contributed by atoms with van der Waals surface area (Å²) in [5.41, 5.74) is 1.49. The standard InChI is InChI=1S/C7H5Cl3N4/c1-14-3-13-6-4(14)5(7(8,9)10)11-2-12-6/h2-3H,1H3. The first-order chi connectivity index (χ1) is 6.50. The minimum absolute atomic E-state index is 0.340. The Morgan fingerprint density at radius 2 is 1.93 bits per heavy atom. The second kappa shape index (κ2) is 3.22. The van der Waals surface area contributed by atoms with E-state index in [9.17, 15) is 0 Å². The molecule has 14 heavy (non-hydrogen) atoms. The lowest BCUT2D eigenvalue weighted by atomic mass is 10.4. The number of fused-ring (bicyclic) bond motifs is 1. The largest absolute Gasteiger partial charge is 0.331 e. The van der Waals surface area contributed by atoms with Crippen LogP contribution in [0.4, 0.5) is 0 Å². The normalized spacial score (nSPS) is 12.3. The molecule has 0 aliphatic rings. The number of imidazole rings is 1. The number of halogens is 3.